The number of carbonyl (C=O) groups is 2. The fourth-order valence-corrected chi connectivity index (χ4v) is 1.54. The van der Waals surface area contributed by atoms with Gasteiger partial charge in [0.25, 0.3) is 0 Å². The topological polar surface area (TPSA) is 52.6 Å². The van der Waals surface area contributed by atoms with Crippen LogP contribution in [0.1, 0.15) is 10.4 Å². The molecule has 0 radical (unpaired) electrons. The van der Waals surface area contributed by atoms with Crippen LogP contribution in [0.5, 0.6) is 5.75 Å². The van der Waals surface area contributed by atoms with E-state index in [1.54, 1.807) is 18.2 Å². The number of allylic oxidation sites excluding steroid dienone is 1. The van der Waals surface area contributed by atoms with Crippen LogP contribution in [-0.4, -0.2) is 26.0 Å². The normalized spacial score (nSPS) is 10.3. The third kappa shape index (κ3) is 3.71. The molecule has 0 aliphatic rings. The van der Waals surface area contributed by atoms with Crippen LogP contribution in [0.4, 0.5) is 0 Å². The molecule has 0 unspecified atom stereocenters. The summed E-state index contributed by atoms with van der Waals surface area (Å²) < 4.78 is 10.2. The maximum atomic E-state index is 11.8. The highest BCUT2D eigenvalue weighted by Gasteiger charge is 2.10. The minimum atomic E-state index is -0.577. The molecule has 0 aliphatic carbocycles. The predicted molar refractivity (Wildman–Crippen MR) is 66.2 cm³/mol. The van der Waals surface area contributed by atoms with Gasteiger partial charge in [-0.05, 0) is 24.3 Å². The SMILES string of the molecule is COC(=O)/C=C/C(=O)c1cc(Br)ccc1OC. The van der Waals surface area contributed by atoms with E-state index in [1.165, 1.54) is 14.2 Å². The number of halogens is 1. The van der Waals surface area contributed by atoms with Crippen molar-refractivity contribution < 1.29 is 19.1 Å². The van der Waals surface area contributed by atoms with Crippen LogP contribution in [0.15, 0.2) is 34.8 Å². The van der Waals surface area contributed by atoms with Gasteiger partial charge in [-0.2, -0.15) is 0 Å². The molecular weight excluding hydrogens is 288 g/mol. The van der Waals surface area contributed by atoms with Crippen molar-refractivity contribution >= 4 is 27.7 Å². The summed E-state index contributed by atoms with van der Waals surface area (Å²) in [6, 6.07) is 5.06. The Bertz CT molecular complexity index is 466. The van der Waals surface area contributed by atoms with Crippen molar-refractivity contribution in [2.75, 3.05) is 14.2 Å². The molecule has 0 saturated carbocycles. The van der Waals surface area contributed by atoms with Crippen LogP contribution in [-0.2, 0) is 9.53 Å². The summed E-state index contributed by atoms with van der Waals surface area (Å²) in [5.74, 6) is -0.450. The van der Waals surface area contributed by atoms with Gasteiger partial charge in [0, 0.05) is 10.5 Å². The number of hydrogen-bond acceptors (Lipinski definition) is 4. The molecule has 1 aromatic rings. The van der Waals surface area contributed by atoms with Crippen molar-refractivity contribution in [1.29, 1.82) is 0 Å². The molecule has 1 rings (SSSR count). The Hall–Kier alpha value is -1.62. The second-order valence-corrected chi connectivity index (χ2v) is 3.98. The highest BCUT2D eigenvalue weighted by Crippen LogP contribution is 2.23. The minimum Gasteiger partial charge on any atom is -0.496 e. The standard InChI is InChI=1S/C12H11BrO4/c1-16-11-5-3-8(13)7-9(11)10(14)4-6-12(15)17-2/h3-7H,1-2H3/b6-4+. The van der Waals surface area contributed by atoms with Gasteiger partial charge in [0.15, 0.2) is 5.78 Å². The largest absolute Gasteiger partial charge is 0.496 e. The summed E-state index contributed by atoms with van der Waals surface area (Å²) >= 11 is 3.26. The number of ether oxygens (including phenoxy) is 2. The molecule has 5 heteroatoms. The minimum absolute atomic E-state index is 0.325. The summed E-state index contributed by atoms with van der Waals surface area (Å²) in [5, 5.41) is 0. The van der Waals surface area contributed by atoms with Gasteiger partial charge in [-0.1, -0.05) is 15.9 Å². The molecule has 0 aliphatic heterocycles. The quantitative estimate of drug-likeness (QED) is 0.486. The smallest absolute Gasteiger partial charge is 0.330 e. The molecule has 17 heavy (non-hydrogen) atoms. The number of esters is 1. The van der Waals surface area contributed by atoms with E-state index in [9.17, 15) is 9.59 Å². The number of ketones is 1. The fourth-order valence-electron chi connectivity index (χ4n) is 1.17. The Morgan fingerprint density at radius 1 is 1.24 bits per heavy atom. The first kappa shape index (κ1) is 13.4. The van der Waals surface area contributed by atoms with Crippen LogP contribution in [0.2, 0.25) is 0 Å². The van der Waals surface area contributed by atoms with Crippen LogP contribution in [0.3, 0.4) is 0 Å². The number of hydrogen-bond donors (Lipinski definition) is 0. The summed E-state index contributed by atoms with van der Waals surface area (Å²) in [6.45, 7) is 0. The predicted octanol–water partition coefficient (Wildman–Crippen LogP) is 2.37. The molecule has 0 amide bonds. The van der Waals surface area contributed by atoms with Gasteiger partial charge in [-0.25, -0.2) is 4.79 Å². The highest BCUT2D eigenvalue weighted by atomic mass is 79.9. The van der Waals surface area contributed by atoms with Crippen molar-refractivity contribution in [2.45, 2.75) is 0 Å². The van der Waals surface area contributed by atoms with Gasteiger partial charge in [-0.3, -0.25) is 4.79 Å². The van der Waals surface area contributed by atoms with Crippen LogP contribution < -0.4 is 4.74 Å². The van der Waals surface area contributed by atoms with E-state index in [-0.39, 0.29) is 5.78 Å². The van der Waals surface area contributed by atoms with Crippen molar-refractivity contribution in [3.8, 4) is 5.75 Å². The molecular formula is C12H11BrO4. The molecule has 0 bridgehead atoms. The Kier molecular flexibility index (Phi) is 4.90. The fraction of sp³-hybridized carbons (Fsp3) is 0.167. The first-order valence-electron chi connectivity index (χ1n) is 4.72. The van der Waals surface area contributed by atoms with Gasteiger partial charge in [-0.15, -0.1) is 0 Å². The van der Waals surface area contributed by atoms with Crippen molar-refractivity contribution in [2.24, 2.45) is 0 Å². The molecule has 4 nitrogen and oxygen atoms in total. The van der Waals surface area contributed by atoms with E-state index < -0.39 is 5.97 Å². The highest BCUT2D eigenvalue weighted by molar-refractivity contribution is 9.10. The van der Waals surface area contributed by atoms with E-state index in [0.717, 1.165) is 16.6 Å². The summed E-state index contributed by atoms with van der Waals surface area (Å²) in [6.07, 6.45) is 2.22. The van der Waals surface area contributed by atoms with E-state index in [1.807, 2.05) is 0 Å². The molecule has 0 heterocycles. The average molecular weight is 299 g/mol. The lowest BCUT2D eigenvalue weighted by Crippen LogP contribution is -2.01. The van der Waals surface area contributed by atoms with Crippen LogP contribution in [0.25, 0.3) is 0 Å². The molecule has 90 valence electrons. The second kappa shape index (κ2) is 6.20. The molecule has 0 atom stereocenters. The molecule has 0 spiro atoms. The first-order valence-corrected chi connectivity index (χ1v) is 5.51. The molecule has 0 N–H and O–H groups in total. The molecule has 0 fully saturated rings. The Labute approximate surface area is 107 Å². The van der Waals surface area contributed by atoms with Crippen LogP contribution in [0, 0.1) is 0 Å². The number of methoxy groups -OCH3 is 2. The summed E-state index contributed by atoms with van der Waals surface area (Å²) in [7, 11) is 2.72. The average Bonchev–Trinajstić information content (AvgIpc) is 2.35. The van der Waals surface area contributed by atoms with Gasteiger partial charge in [0.2, 0.25) is 0 Å². The third-order valence-corrected chi connectivity index (χ3v) is 2.49. The molecule has 0 aromatic heterocycles. The van der Waals surface area contributed by atoms with Gasteiger partial charge >= 0.3 is 5.97 Å². The van der Waals surface area contributed by atoms with Gasteiger partial charge in [0.05, 0.1) is 19.8 Å². The number of carbonyl (C=O) groups excluding carboxylic acids is 2. The maximum Gasteiger partial charge on any atom is 0.330 e. The van der Waals surface area contributed by atoms with E-state index in [4.69, 9.17) is 4.74 Å². The lowest BCUT2D eigenvalue weighted by atomic mass is 10.1. The zero-order chi connectivity index (χ0) is 12.8. The Morgan fingerprint density at radius 2 is 1.94 bits per heavy atom. The summed E-state index contributed by atoms with van der Waals surface area (Å²) in [5.41, 5.74) is 0.377. The maximum absolute atomic E-state index is 11.8. The summed E-state index contributed by atoms with van der Waals surface area (Å²) in [4.78, 5) is 22.7. The molecule has 1 aromatic carbocycles. The van der Waals surface area contributed by atoms with Gasteiger partial charge < -0.3 is 9.47 Å². The zero-order valence-corrected chi connectivity index (χ0v) is 11.0. The van der Waals surface area contributed by atoms with E-state index in [0.29, 0.717) is 11.3 Å². The zero-order valence-electron chi connectivity index (χ0n) is 9.40. The van der Waals surface area contributed by atoms with E-state index >= 15 is 0 Å². The lowest BCUT2D eigenvalue weighted by molar-refractivity contribution is -0.134. The first-order chi connectivity index (χ1) is 8.08. The van der Waals surface area contributed by atoms with Crippen molar-refractivity contribution in [3.63, 3.8) is 0 Å². The van der Waals surface area contributed by atoms with Gasteiger partial charge in [0.1, 0.15) is 5.75 Å². The lowest BCUT2D eigenvalue weighted by Gasteiger charge is -2.05. The third-order valence-electron chi connectivity index (χ3n) is 2.00. The Balaban J connectivity index is 2.99. The number of benzene rings is 1. The van der Waals surface area contributed by atoms with Crippen LogP contribution >= 0.6 is 15.9 Å². The Morgan fingerprint density at radius 3 is 2.53 bits per heavy atom. The van der Waals surface area contributed by atoms with Crippen molar-refractivity contribution in [1.82, 2.24) is 0 Å². The second-order valence-electron chi connectivity index (χ2n) is 3.07. The molecule has 0 saturated heterocycles. The number of rotatable bonds is 4. The van der Waals surface area contributed by atoms with E-state index in [2.05, 4.69) is 20.7 Å². The van der Waals surface area contributed by atoms with Crippen molar-refractivity contribution in [3.05, 3.63) is 40.4 Å². The monoisotopic (exact) mass is 298 g/mol.